The minimum Gasteiger partial charge on any atom is -0.456 e. The van der Waals surface area contributed by atoms with Crippen LogP contribution in [0.2, 0.25) is 0 Å². The first kappa shape index (κ1) is 24.1. The minimum absolute atomic E-state index is 0.880. The molecule has 2 heterocycles. The van der Waals surface area contributed by atoms with Crippen LogP contribution in [0.3, 0.4) is 0 Å². The molecule has 8 aromatic rings. The molecule has 202 valence electrons. The lowest BCUT2D eigenvalue weighted by molar-refractivity contribution is 0.669. The van der Waals surface area contributed by atoms with Crippen LogP contribution >= 0.6 is 0 Å². The van der Waals surface area contributed by atoms with E-state index >= 15 is 0 Å². The van der Waals surface area contributed by atoms with E-state index in [1.165, 1.54) is 27.5 Å². The zero-order valence-electron chi connectivity index (χ0n) is 23.4. The van der Waals surface area contributed by atoms with Gasteiger partial charge in [0.1, 0.15) is 11.2 Å². The Hall–Kier alpha value is -5.54. The van der Waals surface area contributed by atoms with Gasteiger partial charge in [-0.15, -0.1) is 0 Å². The summed E-state index contributed by atoms with van der Waals surface area (Å²) in [5.41, 5.74) is 12.9. The van der Waals surface area contributed by atoms with Crippen molar-refractivity contribution in [3.8, 4) is 33.5 Å². The molecule has 1 aliphatic carbocycles. The fourth-order valence-electron chi connectivity index (χ4n) is 6.83. The predicted octanol–water partition coefficient (Wildman–Crippen LogP) is 10.6. The highest BCUT2D eigenvalue weighted by Crippen LogP contribution is 2.41. The highest BCUT2D eigenvalue weighted by Gasteiger charge is 2.19. The van der Waals surface area contributed by atoms with Gasteiger partial charge in [-0.05, 0) is 64.2 Å². The summed E-state index contributed by atoms with van der Waals surface area (Å²) in [5, 5.41) is 4.72. The SMILES string of the molecule is C1=Cc2c(c3ccccc3c3ncc(-c4ccccc4-c4ccccc4-c4ccc5oc6ccccc6c5c4)nc23)CC1. The molecular formula is C40H26N2O. The molecule has 0 spiro atoms. The number of hydrogen-bond donors (Lipinski definition) is 0. The third-order valence-corrected chi connectivity index (χ3v) is 8.81. The summed E-state index contributed by atoms with van der Waals surface area (Å²) in [7, 11) is 0. The molecule has 2 aromatic heterocycles. The van der Waals surface area contributed by atoms with E-state index in [4.69, 9.17) is 14.4 Å². The van der Waals surface area contributed by atoms with Gasteiger partial charge in [0.2, 0.25) is 0 Å². The molecule has 43 heavy (non-hydrogen) atoms. The van der Waals surface area contributed by atoms with Gasteiger partial charge in [-0.1, -0.05) is 109 Å². The van der Waals surface area contributed by atoms with Crippen molar-refractivity contribution in [2.75, 3.05) is 0 Å². The molecule has 0 bridgehead atoms. The van der Waals surface area contributed by atoms with Gasteiger partial charge in [0, 0.05) is 27.3 Å². The summed E-state index contributed by atoms with van der Waals surface area (Å²) in [6, 6.07) is 40.5. The molecule has 9 rings (SSSR count). The maximum absolute atomic E-state index is 6.12. The highest BCUT2D eigenvalue weighted by molar-refractivity contribution is 6.10. The molecule has 1 aliphatic rings. The minimum atomic E-state index is 0.880. The van der Waals surface area contributed by atoms with Crippen LogP contribution in [-0.2, 0) is 6.42 Å². The number of hydrogen-bond acceptors (Lipinski definition) is 3. The van der Waals surface area contributed by atoms with E-state index in [9.17, 15) is 0 Å². The van der Waals surface area contributed by atoms with Gasteiger partial charge < -0.3 is 4.42 Å². The van der Waals surface area contributed by atoms with Crippen molar-refractivity contribution in [1.29, 1.82) is 0 Å². The number of para-hydroxylation sites is 1. The van der Waals surface area contributed by atoms with Gasteiger partial charge in [0.25, 0.3) is 0 Å². The van der Waals surface area contributed by atoms with E-state index in [2.05, 4.69) is 115 Å². The zero-order chi connectivity index (χ0) is 28.3. The molecule has 0 aliphatic heterocycles. The van der Waals surface area contributed by atoms with Crippen molar-refractivity contribution >= 4 is 49.8 Å². The van der Waals surface area contributed by atoms with E-state index in [0.717, 1.165) is 73.8 Å². The van der Waals surface area contributed by atoms with Crippen LogP contribution in [-0.4, -0.2) is 9.97 Å². The van der Waals surface area contributed by atoms with Crippen LogP contribution in [0, 0.1) is 0 Å². The topological polar surface area (TPSA) is 38.9 Å². The maximum Gasteiger partial charge on any atom is 0.135 e. The average molecular weight is 551 g/mol. The summed E-state index contributed by atoms with van der Waals surface area (Å²) < 4.78 is 6.12. The lowest BCUT2D eigenvalue weighted by atomic mass is 9.89. The van der Waals surface area contributed by atoms with Crippen LogP contribution < -0.4 is 0 Å². The van der Waals surface area contributed by atoms with E-state index in [1.54, 1.807) is 0 Å². The van der Waals surface area contributed by atoms with Crippen molar-refractivity contribution in [1.82, 2.24) is 9.97 Å². The summed E-state index contributed by atoms with van der Waals surface area (Å²) in [5.74, 6) is 0. The monoisotopic (exact) mass is 550 g/mol. The van der Waals surface area contributed by atoms with Crippen LogP contribution in [0.15, 0.2) is 132 Å². The standard InChI is InChI=1S/C40H26N2O/c1-2-12-27(26(11-1)25-21-22-38-35(23-25)32-17-9-10-20-37(32)43-38)28-13-3-6-16-31(28)36-24-41-39-33-18-7-4-14-29(33)30-15-5-8-19-34(30)40(39)42-36/h1-4,6-14,16-24H,5,15H2. The van der Waals surface area contributed by atoms with Gasteiger partial charge in [0.15, 0.2) is 0 Å². The Morgan fingerprint density at radius 2 is 1.23 bits per heavy atom. The third kappa shape index (κ3) is 3.75. The lowest BCUT2D eigenvalue weighted by Crippen LogP contribution is -2.01. The molecule has 0 saturated carbocycles. The summed E-state index contributed by atoms with van der Waals surface area (Å²) >= 11 is 0. The number of rotatable bonds is 3. The van der Waals surface area contributed by atoms with E-state index in [0.29, 0.717) is 0 Å². The fraction of sp³-hybridized carbons (Fsp3) is 0.0500. The first-order valence-electron chi connectivity index (χ1n) is 14.8. The van der Waals surface area contributed by atoms with Crippen molar-refractivity contribution in [3.05, 3.63) is 139 Å². The summed E-state index contributed by atoms with van der Waals surface area (Å²) in [6.45, 7) is 0. The predicted molar refractivity (Wildman–Crippen MR) is 178 cm³/mol. The van der Waals surface area contributed by atoms with Crippen molar-refractivity contribution in [3.63, 3.8) is 0 Å². The van der Waals surface area contributed by atoms with Crippen LogP contribution in [0.25, 0.3) is 83.3 Å². The first-order chi connectivity index (χ1) is 21.3. The molecule has 0 atom stereocenters. The molecule has 0 N–H and O–H groups in total. The Labute approximate surface area is 248 Å². The number of fused-ring (bicyclic) bond motifs is 9. The van der Waals surface area contributed by atoms with Gasteiger partial charge >= 0.3 is 0 Å². The Balaban J connectivity index is 1.24. The number of aryl methyl sites for hydroxylation is 1. The Morgan fingerprint density at radius 3 is 2.09 bits per heavy atom. The van der Waals surface area contributed by atoms with Gasteiger partial charge in [-0.2, -0.15) is 0 Å². The number of allylic oxidation sites excluding steroid dienone is 1. The fourth-order valence-corrected chi connectivity index (χ4v) is 6.83. The molecule has 0 unspecified atom stereocenters. The van der Waals surface area contributed by atoms with Crippen LogP contribution in [0.1, 0.15) is 17.5 Å². The first-order valence-corrected chi connectivity index (χ1v) is 14.8. The number of benzene rings is 6. The highest BCUT2D eigenvalue weighted by atomic mass is 16.3. The number of furan rings is 1. The van der Waals surface area contributed by atoms with Gasteiger partial charge in [0.05, 0.1) is 22.9 Å². The second-order valence-corrected chi connectivity index (χ2v) is 11.2. The Kier molecular flexibility index (Phi) is 5.32. The van der Waals surface area contributed by atoms with Gasteiger partial charge in [-0.25, -0.2) is 4.98 Å². The second kappa shape index (κ2) is 9.50. The smallest absolute Gasteiger partial charge is 0.135 e. The second-order valence-electron chi connectivity index (χ2n) is 11.2. The van der Waals surface area contributed by atoms with Crippen LogP contribution in [0.4, 0.5) is 0 Å². The quantitative estimate of drug-likeness (QED) is 0.205. The molecule has 0 saturated heterocycles. The Morgan fingerprint density at radius 1 is 0.558 bits per heavy atom. The molecule has 3 heteroatoms. The molecule has 0 fully saturated rings. The van der Waals surface area contributed by atoms with E-state index < -0.39 is 0 Å². The van der Waals surface area contributed by atoms with Crippen molar-refractivity contribution < 1.29 is 4.42 Å². The third-order valence-electron chi connectivity index (χ3n) is 8.81. The summed E-state index contributed by atoms with van der Waals surface area (Å²) in [4.78, 5) is 10.4. The maximum atomic E-state index is 6.12. The zero-order valence-corrected chi connectivity index (χ0v) is 23.4. The number of aromatic nitrogens is 2. The van der Waals surface area contributed by atoms with Crippen molar-refractivity contribution in [2.45, 2.75) is 12.8 Å². The van der Waals surface area contributed by atoms with Crippen molar-refractivity contribution in [2.24, 2.45) is 0 Å². The van der Waals surface area contributed by atoms with Crippen LogP contribution in [0.5, 0.6) is 0 Å². The van der Waals surface area contributed by atoms with E-state index in [-0.39, 0.29) is 0 Å². The molecule has 6 aromatic carbocycles. The van der Waals surface area contributed by atoms with E-state index in [1.807, 2.05) is 18.3 Å². The molecule has 3 nitrogen and oxygen atoms in total. The largest absolute Gasteiger partial charge is 0.456 e. The molecular weight excluding hydrogens is 524 g/mol. The molecule has 0 radical (unpaired) electrons. The van der Waals surface area contributed by atoms with Gasteiger partial charge in [-0.3, -0.25) is 4.98 Å². The molecule has 0 amide bonds. The normalized spacial score (nSPS) is 12.8. The lowest BCUT2D eigenvalue weighted by Gasteiger charge is -2.18. The number of nitrogens with zero attached hydrogens (tertiary/aromatic N) is 2. The average Bonchev–Trinajstić information content (AvgIpc) is 3.46. The Bertz CT molecular complexity index is 2410. The summed E-state index contributed by atoms with van der Waals surface area (Å²) in [6.07, 6.45) is 8.51.